The molecule has 1 N–H and O–H groups in total. The Kier molecular flexibility index (Phi) is 4.68. The second-order valence-corrected chi connectivity index (χ2v) is 3.90. The second-order valence-electron chi connectivity index (χ2n) is 3.90. The van der Waals surface area contributed by atoms with Gasteiger partial charge >= 0.3 is 0 Å². The molecule has 1 aromatic carbocycles. The molecule has 1 atom stereocenters. The lowest BCUT2D eigenvalue weighted by Gasteiger charge is -2.09. The van der Waals surface area contributed by atoms with Crippen molar-refractivity contribution in [3.8, 4) is 0 Å². The van der Waals surface area contributed by atoms with E-state index in [9.17, 15) is 0 Å². The number of rotatable bonds is 5. The third-order valence-electron chi connectivity index (χ3n) is 2.79. The van der Waals surface area contributed by atoms with Crippen molar-refractivity contribution in [2.75, 3.05) is 7.05 Å². The molecule has 0 aliphatic carbocycles. The van der Waals surface area contributed by atoms with Crippen LogP contribution in [0.1, 0.15) is 31.4 Å². The minimum absolute atomic E-state index is 0.612. The van der Waals surface area contributed by atoms with Crippen LogP contribution in [0.5, 0.6) is 0 Å². The van der Waals surface area contributed by atoms with Crippen LogP contribution in [0.25, 0.3) is 0 Å². The van der Waals surface area contributed by atoms with Crippen LogP contribution in [0, 0.1) is 0 Å². The minimum Gasteiger partial charge on any atom is -0.317 e. The van der Waals surface area contributed by atoms with Crippen molar-refractivity contribution >= 4 is 0 Å². The molecule has 1 nitrogen and oxygen atoms in total. The Balaban J connectivity index is 2.43. The monoisotopic (exact) mass is 191 g/mol. The van der Waals surface area contributed by atoms with Crippen LogP contribution in [-0.4, -0.2) is 13.1 Å². The highest BCUT2D eigenvalue weighted by Crippen LogP contribution is 2.08. The summed E-state index contributed by atoms with van der Waals surface area (Å²) in [4.78, 5) is 0. The molecule has 1 aromatic rings. The number of aryl methyl sites for hydroxylation is 2. The van der Waals surface area contributed by atoms with Crippen LogP contribution >= 0.6 is 0 Å². The number of hydrogen-bond donors (Lipinski definition) is 1. The predicted molar refractivity (Wildman–Crippen MR) is 62.7 cm³/mol. The lowest BCUT2D eigenvalue weighted by molar-refractivity contribution is 0.565. The van der Waals surface area contributed by atoms with Gasteiger partial charge in [0.15, 0.2) is 0 Å². The maximum absolute atomic E-state index is 3.26. The fourth-order valence-corrected chi connectivity index (χ4v) is 1.47. The van der Waals surface area contributed by atoms with E-state index >= 15 is 0 Å². The molecule has 0 amide bonds. The Labute approximate surface area is 87.5 Å². The maximum atomic E-state index is 3.26. The Bertz CT molecular complexity index is 250. The van der Waals surface area contributed by atoms with Crippen molar-refractivity contribution in [3.63, 3.8) is 0 Å². The van der Waals surface area contributed by atoms with E-state index in [0.717, 1.165) is 6.42 Å². The normalized spacial score (nSPS) is 12.8. The van der Waals surface area contributed by atoms with Crippen LogP contribution in [-0.2, 0) is 12.8 Å². The van der Waals surface area contributed by atoms with Crippen LogP contribution in [0.3, 0.4) is 0 Å². The molecule has 0 bridgehead atoms. The van der Waals surface area contributed by atoms with E-state index in [1.54, 1.807) is 0 Å². The topological polar surface area (TPSA) is 12.0 Å². The summed E-state index contributed by atoms with van der Waals surface area (Å²) < 4.78 is 0. The summed E-state index contributed by atoms with van der Waals surface area (Å²) in [6, 6.07) is 9.59. The maximum Gasteiger partial charge on any atom is 0.00388 e. The zero-order valence-electron chi connectivity index (χ0n) is 9.51. The summed E-state index contributed by atoms with van der Waals surface area (Å²) in [7, 11) is 2.02. The first-order valence-electron chi connectivity index (χ1n) is 5.51. The number of benzene rings is 1. The Hall–Kier alpha value is -0.820. The quantitative estimate of drug-likeness (QED) is 0.754. The Morgan fingerprint density at radius 1 is 1.14 bits per heavy atom. The summed E-state index contributed by atoms with van der Waals surface area (Å²) in [5.74, 6) is 0. The summed E-state index contributed by atoms with van der Waals surface area (Å²) in [5.41, 5.74) is 2.87. The highest BCUT2D eigenvalue weighted by Gasteiger charge is 1.99. The lowest BCUT2D eigenvalue weighted by Crippen LogP contribution is -2.21. The van der Waals surface area contributed by atoms with Gasteiger partial charge < -0.3 is 5.32 Å². The Morgan fingerprint density at radius 3 is 2.21 bits per heavy atom. The van der Waals surface area contributed by atoms with E-state index < -0.39 is 0 Å². The lowest BCUT2D eigenvalue weighted by atomic mass is 10.0. The fraction of sp³-hybridized carbons (Fsp3) is 0.538. The van der Waals surface area contributed by atoms with Gasteiger partial charge in [-0.2, -0.15) is 0 Å². The fourth-order valence-electron chi connectivity index (χ4n) is 1.47. The molecule has 0 aliphatic rings. The molecule has 0 aliphatic heterocycles. The van der Waals surface area contributed by atoms with Crippen LogP contribution < -0.4 is 5.32 Å². The van der Waals surface area contributed by atoms with Crippen molar-refractivity contribution in [2.45, 2.75) is 39.2 Å². The zero-order chi connectivity index (χ0) is 10.4. The number of hydrogen-bond acceptors (Lipinski definition) is 1. The summed E-state index contributed by atoms with van der Waals surface area (Å²) in [6.45, 7) is 4.42. The van der Waals surface area contributed by atoms with Crippen molar-refractivity contribution < 1.29 is 0 Å². The van der Waals surface area contributed by atoms with E-state index in [4.69, 9.17) is 0 Å². The highest BCUT2D eigenvalue weighted by atomic mass is 14.8. The zero-order valence-corrected chi connectivity index (χ0v) is 9.51. The van der Waals surface area contributed by atoms with Crippen LogP contribution in [0.2, 0.25) is 0 Å². The van der Waals surface area contributed by atoms with Gasteiger partial charge in [0.2, 0.25) is 0 Å². The van der Waals surface area contributed by atoms with E-state index in [2.05, 4.69) is 43.4 Å². The molecular weight excluding hydrogens is 170 g/mol. The molecule has 1 heteroatoms. The number of nitrogens with one attached hydrogen (secondary N) is 1. The average Bonchev–Trinajstić information content (AvgIpc) is 2.26. The average molecular weight is 191 g/mol. The molecule has 0 heterocycles. The molecule has 0 radical (unpaired) electrons. The molecular formula is C13H21N. The smallest absolute Gasteiger partial charge is 0.00388 e. The van der Waals surface area contributed by atoms with Crippen molar-refractivity contribution in [1.29, 1.82) is 0 Å². The van der Waals surface area contributed by atoms with E-state index in [1.807, 2.05) is 7.05 Å². The summed E-state index contributed by atoms with van der Waals surface area (Å²) >= 11 is 0. The van der Waals surface area contributed by atoms with Gasteiger partial charge in [0, 0.05) is 6.04 Å². The van der Waals surface area contributed by atoms with E-state index in [1.165, 1.54) is 24.0 Å². The molecule has 0 fully saturated rings. The molecule has 0 aromatic heterocycles. The molecule has 0 saturated heterocycles. The summed E-state index contributed by atoms with van der Waals surface area (Å²) in [6.07, 6.45) is 3.52. The van der Waals surface area contributed by atoms with Gasteiger partial charge in [-0.25, -0.2) is 0 Å². The SMILES string of the molecule is CCc1ccc(CC[C@@H](C)NC)cc1. The van der Waals surface area contributed by atoms with E-state index in [0.29, 0.717) is 6.04 Å². The van der Waals surface area contributed by atoms with Crippen molar-refractivity contribution in [2.24, 2.45) is 0 Å². The van der Waals surface area contributed by atoms with Gasteiger partial charge in [-0.1, -0.05) is 31.2 Å². The predicted octanol–water partition coefficient (Wildman–Crippen LogP) is 2.79. The van der Waals surface area contributed by atoms with Gasteiger partial charge in [-0.3, -0.25) is 0 Å². The first-order chi connectivity index (χ1) is 6.76. The van der Waals surface area contributed by atoms with Gasteiger partial charge in [0.1, 0.15) is 0 Å². The molecule has 0 unspecified atom stereocenters. The summed E-state index contributed by atoms with van der Waals surface area (Å²) in [5, 5.41) is 3.26. The highest BCUT2D eigenvalue weighted by molar-refractivity contribution is 5.22. The molecule has 0 spiro atoms. The van der Waals surface area contributed by atoms with E-state index in [-0.39, 0.29) is 0 Å². The molecule has 1 rings (SSSR count). The standard InChI is InChI=1S/C13H21N/c1-4-12-7-9-13(10-8-12)6-5-11(2)14-3/h7-11,14H,4-6H2,1-3H3/t11-/m1/s1. The Morgan fingerprint density at radius 2 is 1.71 bits per heavy atom. The molecule has 0 saturated carbocycles. The van der Waals surface area contributed by atoms with Gasteiger partial charge in [-0.05, 0) is 44.4 Å². The molecule has 14 heavy (non-hydrogen) atoms. The van der Waals surface area contributed by atoms with Crippen molar-refractivity contribution in [3.05, 3.63) is 35.4 Å². The van der Waals surface area contributed by atoms with Crippen molar-refractivity contribution in [1.82, 2.24) is 5.32 Å². The third-order valence-corrected chi connectivity index (χ3v) is 2.79. The van der Waals surface area contributed by atoms with Gasteiger partial charge in [0.25, 0.3) is 0 Å². The third kappa shape index (κ3) is 3.51. The first-order valence-corrected chi connectivity index (χ1v) is 5.51. The van der Waals surface area contributed by atoms with Crippen LogP contribution in [0.15, 0.2) is 24.3 Å². The largest absolute Gasteiger partial charge is 0.317 e. The molecule has 78 valence electrons. The first kappa shape index (κ1) is 11.3. The van der Waals surface area contributed by atoms with Crippen LogP contribution in [0.4, 0.5) is 0 Å². The second kappa shape index (κ2) is 5.82. The van der Waals surface area contributed by atoms with Gasteiger partial charge in [-0.15, -0.1) is 0 Å². The van der Waals surface area contributed by atoms with Gasteiger partial charge in [0.05, 0.1) is 0 Å². The minimum atomic E-state index is 0.612.